The van der Waals surface area contributed by atoms with Crippen molar-refractivity contribution < 1.29 is 66.9 Å². The molecule has 204 valence electrons. The first-order chi connectivity index (χ1) is 18.6. The molecular formula is C29H24ClF3NNaO5. The third-order valence-electron chi connectivity index (χ3n) is 7.09. The average Bonchev–Trinajstić information content (AvgIpc) is 3.37. The summed E-state index contributed by atoms with van der Waals surface area (Å²) in [5, 5.41) is 11.6. The number of Topliss-reactive ketones (excluding diaryl/α,β-unsaturated/α-hetero) is 1. The number of rotatable bonds is 7. The van der Waals surface area contributed by atoms with Crippen LogP contribution in [0.4, 0.5) is 18.9 Å². The van der Waals surface area contributed by atoms with Gasteiger partial charge >= 0.3 is 35.7 Å². The normalized spacial score (nSPS) is 18.4. The van der Waals surface area contributed by atoms with Crippen molar-refractivity contribution in [2.24, 2.45) is 5.92 Å². The number of fused-ring (bicyclic) bond motifs is 1. The second kappa shape index (κ2) is 12.4. The summed E-state index contributed by atoms with van der Waals surface area (Å²) in [6.45, 7) is 1.33. The van der Waals surface area contributed by atoms with Crippen molar-refractivity contribution in [1.82, 2.24) is 0 Å². The molecule has 2 atom stereocenters. The SMILES string of the molecule is O=C(CC1CCN(c2cccc(C(F)(F)F)c2)C1)c1ccc(Oc2cc3c(cc2Cl)C(C(=O)[O-])CCO3)cc1.[Na+]. The largest absolute Gasteiger partial charge is 1.00 e. The summed E-state index contributed by atoms with van der Waals surface area (Å²) >= 11 is 6.34. The second-order valence-corrected chi connectivity index (χ2v) is 10.1. The number of halogens is 4. The van der Waals surface area contributed by atoms with Crippen LogP contribution in [0.5, 0.6) is 17.2 Å². The molecule has 40 heavy (non-hydrogen) atoms. The zero-order valence-electron chi connectivity index (χ0n) is 21.7. The number of carbonyl (C=O) groups is 2. The van der Waals surface area contributed by atoms with Crippen LogP contribution in [-0.4, -0.2) is 31.4 Å². The molecule has 2 aliphatic heterocycles. The van der Waals surface area contributed by atoms with E-state index < -0.39 is 23.6 Å². The number of carbonyl (C=O) groups excluding carboxylic acids is 2. The third kappa shape index (κ3) is 6.77. The third-order valence-corrected chi connectivity index (χ3v) is 7.39. The molecule has 0 aromatic heterocycles. The smallest absolute Gasteiger partial charge is 0.549 e. The quantitative estimate of drug-likeness (QED) is 0.315. The standard InChI is InChI=1S/C29H25ClF3NO5.Na/c30-24-14-23-22(28(36)37)9-11-38-26(23)15-27(24)39-21-6-4-18(5-7-21)25(35)12-17-8-10-34(16-17)20-3-1-2-19(13-20)29(31,32)33;/h1-7,13-15,17,22H,8-12,16H2,(H,36,37);/q;+1/p-1. The molecular weight excluding hydrogens is 558 g/mol. The Kier molecular flexibility index (Phi) is 9.40. The van der Waals surface area contributed by atoms with E-state index in [1.165, 1.54) is 12.1 Å². The molecule has 2 aliphatic rings. The molecule has 1 saturated heterocycles. The minimum Gasteiger partial charge on any atom is -0.549 e. The van der Waals surface area contributed by atoms with Crippen molar-refractivity contribution in [2.45, 2.75) is 31.4 Å². The van der Waals surface area contributed by atoms with E-state index in [2.05, 4.69) is 0 Å². The van der Waals surface area contributed by atoms with Crippen LogP contribution >= 0.6 is 11.6 Å². The van der Waals surface area contributed by atoms with Crippen LogP contribution in [0.3, 0.4) is 0 Å². The Morgan fingerprint density at radius 3 is 2.52 bits per heavy atom. The zero-order valence-corrected chi connectivity index (χ0v) is 24.4. The molecule has 0 bridgehead atoms. The van der Waals surface area contributed by atoms with Gasteiger partial charge in [-0.3, -0.25) is 4.79 Å². The number of carboxylic acid groups (broad SMARTS) is 1. The van der Waals surface area contributed by atoms with Crippen LogP contribution in [0.2, 0.25) is 5.02 Å². The van der Waals surface area contributed by atoms with Gasteiger partial charge in [-0.25, -0.2) is 0 Å². The van der Waals surface area contributed by atoms with Crippen molar-refractivity contribution in [2.75, 3.05) is 24.6 Å². The Hall–Kier alpha value is -2.72. The molecule has 0 N–H and O–H groups in total. The van der Waals surface area contributed by atoms with Gasteiger partial charge < -0.3 is 24.3 Å². The van der Waals surface area contributed by atoms with Gasteiger partial charge in [0, 0.05) is 54.3 Å². The molecule has 2 unspecified atom stereocenters. The van der Waals surface area contributed by atoms with Gasteiger partial charge in [-0.15, -0.1) is 0 Å². The van der Waals surface area contributed by atoms with Gasteiger partial charge in [-0.1, -0.05) is 17.7 Å². The van der Waals surface area contributed by atoms with E-state index in [1.54, 1.807) is 36.4 Å². The Bertz CT molecular complexity index is 1400. The number of anilines is 1. The first-order valence-corrected chi connectivity index (χ1v) is 12.9. The summed E-state index contributed by atoms with van der Waals surface area (Å²) in [6.07, 6.45) is -3.11. The molecule has 6 nitrogen and oxygen atoms in total. The second-order valence-electron chi connectivity index (χ2n) is 9.73. The van der Waals surface area contributed by atoms with Crippen LogP contribution in [-0.2, 0) is 11.0 Å². The molecule has 3 aromatic rings. The van der Waals surface area contributed by atoms with E-state index >= 15 is 0 Å². The van der Waals surface area contributed by atoms with Gasteiger partial charge in [0.15, 0.2) is 5.78 Å². The van der Waals surface area contributed by atoms with Crippen LogP contribution in [0.15, 0.2) is 60.7 Å². The Labute approximate surface area is 256 Å². The van der Waals surface area contributed by atoms with Gasteiger partial charge in [-0.2, -0.15) is 13.2 Å². The predicted molar refractivity (Wildman–Crippen MR) is 137 cm³/mol. The molecule has 0 spiro atoms. The minimum absolute atomic E-state index is 0. The van der Waals surface area contributed by atoms with E-state index in [0.29, 0.717) is 54.2 Å². The van der Waals surface area contributed by atoms with Gasteiger partial charge in [0.25, 0.3) is 0 Å². The van der Waals surface area contributed by atoms with Crippen LogP contribution in [0, 0.1) is 5.92 Å². The summed E-state index contributed by atoms with van der Waals surface area (Å²) < 4.78 is 50.6. The molecule has 2 heterocycles. The number of nitrogens with zero attached hydrogens (tertiary/aromatic N) is 1. The number of ether oxygens (including phenoxy) is 2. The van der Waals surface area contributed by atoms with Crippen LogP contribution in [0.1, 0.15) is 46.7 Å². The fraction of sp³-hybridized carbons (Fsp3) is 0.310. The molecule has 11 heteroatoms. The summed E-state index contributed by atoms with van der Waals surface area (Å²) in [6, 6.07) is 14.9. The van der Waals surface area contributed by atoms with Crippen molar-refractivity contribution in [3.8, 4) is 17.2 Å². The number of hydrogen-bond donors (Lipinski definition) is 0. The number of alkyl halides is 3. The van der Waals surface area contributed by atoms with Gasteiger partial charge in [0.2, 0.25) is 0 Å². The minimum atomic E-state index is -4.40. The maximum absolute atomic E-state index is 13.1. The van der Waals surface area contributed by atoms with Gasteiger partial charge in [0.1, 0.15) is 17.2 Å². The fourth-order valence-electron chi connectivity index (χ4n) is 5.04. The van der Waals surface area contributed by atoms with Crippen molar-refractivity contribution in [1.29, 1.82) is 0 Å². The Morgan fingerprint density at radius 1 is 1.07 bits per heavy atom. The molecule has 1 fully saturated rings. The monoisotopic (exact) mass is 581 g/mol. The molecule has 0 saturated carbocycles. The van der Waals surface area contributed by atoms with Gasteiger partial charge in [0.05, 0.1) is 17.2 Å². The molecule has 0 radical (unpaired) electrons. The van der Waals surface area contributed by atoms with Crippen LogP contribution < -0.4 is 49.0 Å². The number of benzene rings is 3. The van der Waals surface area contributed by atoms with Crippen molar-refractivity contribution in [3.05, 3.63) is 82.4 Å². The average molecular weight is 582 g/mol. The van der Waals surface area contributed by atoms with E-state index in [9.17, 15) is 27.9 Å². The van der Waals surface area contributed by atoms with E-state index in [1.807, 2.05) is 4.90 Å². The summed E-state index contributed by atoms with van der Waals surface area (Å²) in [4.78, 5) is 26.2. The predicted octanol–water partition coefficient (Wildman–Crippen LogP) is 2.87. The zero-order chi connectivity index (χ0) is 27.7. The maximum Gasteiger partial charge on any atom is 1.00 e. The summed E-state index contributed by atoms with van der Waals surface area (Å²) in [7, 11) is 0. The molecule has 3 aromatic carbocycles. The van der Waals surface area contributed by atoms with E-state index in [0.717, 1.165) is 12.1 Å². The number of carboxylic acids is 1. The van der Waals surface area contributed by atoms with Crippen molar-refractivity contribution >= 4 is 29.0 Å². The van der Waals surface area contributed by atoms with E-state index in [-0.39, 0.29) is 65.1 Å². The topological polar surface area (TPSA) is 78.9 Å². The van der Waals surface area contributed by atoms with E-state index in [4.69, 9.17) is 21.1 Å². The first-order valence-electron chi connectivity index (χ1n) is 12.5. The Morgan fingerprint density at radius 2 is 1.82 bits per heavy atom. The van der Waals surface area contributed by atoms with Gasteiger partial charge in [-0.05, 0) is 67.3 Å². The number of ketones is 1. The molecule has 5 rings (SSSR count). The number of aliphatic carboxylic acids is 1. The summed E-state index contributed by atoms with van der Waals surface area (Å²) in [5.41, 5.74) is 0.755. The molecule has 0 aliphatic carbocycles. The summed E-state index contributed by atoms with van der Waals surface area (Å²) in [5.74, 6) is -0.940. The molecule has 0 amide bonds. The number of hydrogen-bond acceptors (Lipinski definition) is 6. The maximum atomic E-state index is 13.1. The first kappa shape index (κ1) is 30.2. The Balaban J connectivity index is 0.00000370. The van der Waals surface area contributed by atoms with Crippen molar-refractivity contribution in [3.63, 3.8) is 0 Å². The van der Waals surface area contributed by atoms with Crippen LogP contribution in [0.25, 0.3) is 0 Å². The fourth-order valence-corrected chi connectivity index (χ4v) is 5.25.